The number of nitrogens with zero attached hydrogens (tertiary/aromatic N) is 2. The summed E-state index contributed by atoms with van der Waals surface area (Å²) in [4.78, 5) is 8.17. The number of nitrogens with one attached hydrogen (secondary N) is 1. The Morgan fingerprint density at radius 3 is 2.54 bits per heavy atom. The molecule has 0 aliphatic carbocycles. The smallest absolute Gasteiger partial charge is 0.238 e. The van der Waals surface area contributed by atoms with Gasteiger partial charge in [0.2, 0.25) is 10.0 Å². The quantitative estimate of drug-likeness (QED) is 0.737. The average molecular weight is 346 g/mol. The van der Waals surface area contributed by atoms with Crippen molar-refractivity contribution in [2.75, 3.05) is 11.9 Å². The highest BCUT2D eigenvalue weighted by molar-refractivity contribution is 7.89. The van der Waals surface area contributed by atoms with Gasteiger partial charge in [0, 0.05) is 11.9 Å². The van der Waals surface area contributed by atoms with Crippen molar-refractivity contribution < 1.29 is 12.8 Å². The summed E-state index contributed by atoms with van der Waals surface area (Å²) in [6.07, 6.45) is 1.96. The molecule has 0 aliphatic rings. The van der Waals surface area contributed by atoms with Crippen molar-refractivity contribution in [3.63, 3.8) is 0 Å². The highest BCUT2D eigenvalue weighted by Crippen LogP contribution is 2.21. The molecule has 8 heteroatoms. The molecule has 3 aromatic rings. The number of halogens is 1. The molecule has 6 nitrogen and oxygen atoms in total. The van der Waals surface area contributed by atoms with Crippen molar-refractivity contribution in [1.29, 1.82) is 0 Å². The van der Waals surface area contributed by atoms with Crippen LogP contribution in [0.25, 0.3) is 10.9 Å². The van der Waals surface area contributed by atoms with Crippen LogP contribution in [0.15, 0.2) is 53.7 Å². The lowest BCUT2D eigenvalue weighted by Crippen LogP contribution is -2.12. The van der Waals surface area contributed by atoms with Crippen LogP contribution < -0.4 is 10.5 Å². The maximum atomic E-state index is 13.7. The van der Waals surface area contributed by atoms with Crippen LogP contribution in [0.4, 0.5) is 10.2 Å². The van der Waals surface area contributed by atoms with Crippen LogP contribution in [0.1, 0.15) is 5.56 Å². The van der Waals surface area contributed by atoms with E-state index in [1.165, 1.54) is 24.5 Å². The van der Waals surface area contributed by atoms with E-state index >= 15 is 0 Å². The standard InChI is InChI=1S/C16H15FN4O2S/c17-14-3-1-2-13-15(14)20-10-21-16(13)19-9-8-11-4-6-12(7-5-11)24(18,22)23/h1-7,10H,8-9H2,(H2,18,22,23)(H,19,20,21). The average Bonchev–Trinajstić information content (AvgIpc) is 2.55. The molecule has 0 fully saturated rings. The zero-order chi connectivity index (χ0) is 17.2. The summed E-state index contributed by atoms with van der Waals surface area (Å²) in [6, 6.07) is 11.1. The molecule has 0 bridgehead atoms. The SMILES string of the molecule is NS(=O)(=O)c1ccc(CCNc2ncnc3c(F)cccc23)cc1. The zero-order valence-corrected chi connectivity index (χ0v) is 13.4. The molecule has 0 saturated carbocycles. The number of nitrogens with two attached hydrogens (primary N) is 1. The Morgan fingerprint density at radius 2 is 1.83 bits per heavy atom. The number of anilines is 1. The molecule has 0 saturated heterocycles. The Kier molecular flexibility index (Phi) is 4.41. The molecule has 1 aromatic heterocycles. The van der Waals surface area contributed by atoms with Gasteiger partial charge in [0.1, 0.15) is 23.5 Å². The molecule has 0 aliphatic heterocycles. The fourth-order valence-corrected chi connectivity index (χ4v) is 2.88. The summed E-state index contributed by atoms with van der Waals surface area (Å²) in [5.41, 5.74) is 1.21. The van der Waals surface area contributed by atoms with Gasteiger partial charge in [-0.25, -0.2) is 27.9 Å². The first-order chi connectivity index (χ1) is 11.4. The minimum absolute atomic E-state index is 0.0801. The summed E-state index contributed by atoms with van der Waals surface area (Å²) in [7, 11) is -3.68. The largest absolute Gasteiger partial charge is 0.369 e. The van der Waals surface area contributed by atoms with Crippen LogP contribution in [0.2, 0.25) is 0 Å². The van der Waals surface area contributed by atoms with E-state index in [0.29, 0.717) is 24.2 Å². The Bertz CT molecular complexity index is 975. The lowest BCUT2D eigenvalue weighted by Gasteiger charge is -2.09. The molecule has 0 amide bonds. The minimum atomic E-state index is -3.68. The Morgan fingerprint density at radius 1 is 1.08 bits per heavy atom. The molecule has 3 rings (SSSR count). The summed E-state index contributed by atoms with van der Waals surface area (Å²) in [6.45, 7) is 0.553. The van der Waals surface area contributed by atoms with Crippen molar-refractivity contribution in [1.82, 2.24) is 9.97 Å². The maximum absolute atomic E-state index is 13.7. The molecule has 124 valence electrons. The Balaban J connectivity index is 1.70. The van der Waals surface area contributed by atoms with Crippen molar-refractivity contribution in [2.24, 2.45) is 5.14 Å². The monoisotopic (exact) mass is 346 g/mol. The lowest BCUT2D eigenvalue weighted by molar-refractivity contribution is 0.597. The third-order valence-electron chi connectivity index (χ3n) is 3.57. The molecule has 24 heavy (non-hydrogen) atoms. The van der Waals surface area contributed by atoms with Crippen LogP contribution in [0, 0.1) is 5.82 Å². The first-order valence-corrected chi connectivity index (χ1v) is 8.74. The molecule has 0 atom stereocenters. The van der Waals surface area contributed by atoms with Gasteiger partial charge in [-0.2, -0.15) is 0 Å². The van der Waals surface area contributed by atoms with Gasteiger partial charge in [0.05, 0.1) is 4.90 Å². The second-order valence-electron chi connectivity index (χ2n) is 5.22. The maximum Gasteiger partial charge on any atom is 0.238 e. The number of fused-ring (bicyclic) bond motifs is 1. The van der Waals surface area contributed by atoms with E-state index in [2.05, 4.69) is 15.3 Å². The third kappa shape index (κ3) is 3.50. The molecular weight excluding hydrogens is 331 g/mol. The van der Waals surface area contributed by atoms with Gasteiger partial charge >= 0.3 is 0 Å². The van der Waals surface area contributed by atoms with Gasteiger partial charge in [-0.3, -0.25) is 0 Å². The van der Waals surface area contributed by atoms with Gasteiger partial charge < -0.3 is 5.32 Å². The van der Waals surface area contributed by atoms with Gasteiger partial charge in [-0.05, 0) is 36.2 Å². The van der Waals surface area contributed by atoms with E-state index in [9.17, 15) is 12.8 Å². The topological polar surface area (TPSA) is 98.0 Å². The second-order valence-corrected chi connectivity index (χ2v) is 6.79. The van der Waals surface area contributed by atoms with Crippen molar-refractivity contribution in [3.8, 4) is 0 Å². The predicted molar refractivity (Wildman–Crippen MR) is 89.5 cm³/mol. The van der Waals surface area contributed by atoms with Crippen LogP contribution in [-0.4, -0.2) is 24.9 Å². The summed E-state index contributed by atoms with van der Waals surface area (Å²) in [5, 5.41) is 8.82. The molecular formula is C16H15FN4O2S. The molecule has 3 N–H and O–H groups in total. The Labute approximate surface area is 138 Å². The van der Waals surface area contributed by atoms with Crippen LogP contribution in [0.3, 0.4) is 0 Å². The predicted octanol–water partition coefficient (Wildman–Crippen LogP) is 2.07. The van der Waals surface area contributed by atoms with E-state index in [1.807, 2.05) is 0 Å². The highest BCUT2D eigenvalue weighted by atomic mass is 32.2. The number of primary sulfonamides is 1. The number of sulfonamides is 1. The van der Waals surface area contributed by atoms with Gasteiger partial charge in [0.15, 0.2) is 0 Å². The van der Waals surface area contributed by atoms with E-state index in [-0.39, 0.29) is 10.4 Å². The van der Waals surface area contributed by atoms with E-state index < -0.39 is 15.8 Å². The van der Waals surface area contributed by atoms with Crippen LogP contribution >= 0.6 is 0 Å². The number of aromatic nitrogens is 2. The van der Waals surface area contributed by atoms with Gasteiger partial charge in [0.25, 0.3) is 0 Å². The first kappa shape index (κ1) is 16.3. The fraction of sp³-hybridized carbons (Fsp3) is 0.125. The summed E-state index contributed by atoms with van der Waals surface area (Å²) >= 11 is 0. The first-order valence-electron chi connectivity index (χ1n) is 7.20. The number of para-hydroxylation sites is 1. The fourth-order valence-electron chi connectivity index (χ4n) is 2.36. The zero-order valence-electron chi connectivity index (χ0n) is 12.6. The van der Waals surface area contributed by atoms with Crippen molar-refractivity contribution >= 4 is 26.7 Å². The Hall–Kier alpha value is -2.58. The van der Waals surface area contributed by atoms with Crippen molar-refractivity contribution in [2.45, 2.75) is 11.3 Å². The lowest BCUT2D eigenvalue weighted by atomic mass is 10.1. The minimum Gasteiger partial charge on any atom is -0.369 e. The molecule has 0 radical (unpaired) electrons. The molecule has 1 heterocycles. The second kappa shape index (κ2) is 6.50. The number of benzene rings is 2. The van der Waals surface area contributed by atoms with Gasteiger partial charge in [-0.15, -0.1) is 0 Å². The van der Waals surface area contributed by atoms with Crippen LogP contribution in [0.5, 0.6) is 0 Å². The summed E-state index contributed by atoms with van der Waals surface area (Å²) < 4.78 is 36.1. The third-order valence-corrected chi connectivity index (χ3v) is 4.50. The number of rotatable bonds is 5. The van der Waals surface area contributed by atoms with E-state index in [0.717, 1.165) is 5.56 Å². The number of hydrogen-bond acceptors (Lipinski definition) is 5. The molecule has 2 aromatic carbocycles. The van der Waals surface area contributed by atoms with Crippen LogP contribution in [-0.2, 0) is 16.4 Å². The normalized spacial score (nSPS) is 11.6. The van der Waals surface area contributed by atoms with Gasteiger partial charge in [-0.1, -0.05) is 18.2 Å². The molecule has 0 unspecified atom stereocenters. The highest BCUT2D eigenvalue weighted by Gasteiger charge is 2.08. The summed E-state index contributed by atoms with van der Waals surface area (Å²) in [5.74, 6) is 0.164. The van der Waals surface area contributed by atoms with E-state index in [4.69, 9.17) is 5.14 Å². The molecule has 0 spiro atoms. The van der Waals surface area contributed by atoms with Crippen molar-refractivity contribution in [3.05, 3.63) is 60.2 Å². The number of hydrogen-bond donors (Lipinski definition) is 2. The van der Waals surface area contributed by atoms with E-state index in [1.54, 1.807) is 24.3 Å².